The van der Waals surface area contributed by atoms with Gasteiger partial charge in [0, 0.05) is 0 Å². The van der Waals surface area contributed by atoms with Gasteiger partial charge in [0.1, 0.15) is 5.75 Å². The largest absolute Gasteiger partial charge is 0.508 e. The normalized spacial score (nSPS) is 13.5. The summed E-state index contributed by atoms with van der Waals surface area (Å²) in [6.45, 7) is 3.83. The van der Waals surface area contributed by atoms with E-state index in [2.05, 4.69) is 5.32 Å². The quantitative estimate of drug-likeness (QED) is 0.894. The van der Waals surface area contributed by atoms with E-state index >= 15 is 0 Å². The minimum Gasteiger partial charge on any atom is -0.508 e. The van der Waals surface area contributed by atoms with Crippen LogP contribution in [0.4, 0.5) is 0 Å². The lowest BCUT2D eigenvalue weighted by Gasteiger charge is -2.18. The number of hydrogen-bond donors (Lipinski definition) is 2. The Balaban J connectivity index is 2.02. The van der Waals surface area contributed by atoms with E-state index in [4.69, 9.17) is 0 Å². The predicted octanol–water partition coefficient (Wildman–Crippen LogP) is 3.37. The van der Waals surface area contributed by atoms with Crippen molar-refractivity contribution < 1.29 is 9.90 Å². The van der Waals surface area contributed by atoms with Crippen LogP contribution in [0, 0.1) is 0 Å². The zero-order valence-corrected chi connectivity index (χ0v) is 11.7. The molecule has 3 heteroatoms. The number of benzene rings is 2. The third kappa shape index (κ3) is 3.38. The third-order valence-corrected chi connectivity index (χ3v) is 3.44. The van der Waals surface area contributed by atoms with Crippen LogP contribution in [0.15, 0.2) is 54.6 Å². The van der Waals surface area contributed by atoms with Crippen molar-refractivity contribution in [3.63, 3.8) is 0 Å². The Morgan fingerprint density at radius 3 is 2.15 bits per heavy atom. The molecule has 2 unspecified atom stereocenters. The van der Waals surface area contributed by atoms with Crippen LogP contribution in [-0.2, 0) is 4.79 Å². The Bertz CT molecular complexity index is 563. The Morgan fingerprint density at radius 1 is 0.950 bits per heavy atom. The highest BCUT2D eigenvalue weighted by Gasteiger charge is 2.17. The average molecular weight is 269 g/mol. The first kappa shape index (κ1) is 14.1. The highest BCUT2D eigenvalue weighted by molar-refractivity contribution is 5.83. The molecular formula is C17H19NO2. The number of phenolic OH excluding ortho intramolecular Hbond substituents is 1. The number of amides is 1. The van der Waals surface area contributed by atoms with E-state index in [0.29, 0.717) is 0 Å². The Hall–Kier alpha value is -2.29. The summed E-state index contributed by atoms with van der Waals surface area (Å²) in [6, 6.07) is 16.6. The van der Waals surface area contributed by atoms with Crippen molar-refractivity contribution in [1.29, 1.82) is 0 Å². The molecule has 3 nitrogen and oxygen atoms in total. The van der Waals surface area contributed by atoms with Gasteiger partial charge in [0.2, 0.25) is 5.91 Å². The average Bonchev–Trinajstić information content (AvgIpc) is 2.48. The predicted molar refractivity (Wildman–Crippen MR) is 79.5 cm³/mol. The maximum Gasteiger partial charge on any atom is 0.227 e. The second-order valence-electron chi connectivity index (χ2n) is 4.95. The van der Waals surface area contributed by atoms with E-state index in [1.54, 1.807) is 24.3 Å². The molecule has 2 aromatic carbocycles. The van der Waals surface area contributed by atoms with Crippen molar-refractivity contribution in [1.82, 2.24) is 5.32 Å². The van der Waals surface area contributed by atoms with Crippen LogP contribution in [-0.4, -0.2) is 11.0 Å². The fourth-order valence-corrected chi connectivity index (χ4v) is 2.08. The van der Waals surface area contributed by atoms with Gasteiger partial charge in [-0.1, -0.05) is 42.5 Å². The Kier molecular flexibility index (Phi) is 4.41. The number of hydrogen-bond acceptors (Lipinski definition) is 2. The van der Waals surface area contributed by atoms with Crippen molar-refractivity contribution in [2.45, 2.75) is 25.8 Å². The van der Waals surface area contributed by atoms with Crippen LogP contribution >= 0.6 is 0 Å². The van der Waals surface area contributed by atoms with E-state index in [1.807, 2.05) is 44.2 Å². The third-order valence-electron chi connectivity index (χ3n) is 3.44. The summed E-state index contributed by atoms with van der Waals surface area (Å²) in [4.78, 5) is 12.2. The minimum atomic E-state index is -0.248. The van der Waals surface area contributed by atoms with Crippen LogP contribution in [0.5, 0.6) is 5.75 Å². The van der Waals surface area contributed by atoms with E-state index in [0.717, 1.165) is 11.1 Å². The topological polar surface area (TPSA) is 49.3 Å². The number of nitrogens with one attached hydrogen (secondary N) is 1. The first-order chi connectivity index (χ1) is 9.58. The summed E-state index contributed by atoms with van der Waals surface area (Å²) >= 11 is 0. The van der Waals surface area contributed by atoms with Gasteiger partial charge in [-0.25, -0.2) is 0 Å². The first-order valence-corrected chi connectivity index (χ1v) is 6.72. The van der Waals surface area contributed by atoms with Crippen LogP contribution in [0.3, 0.4) is 0 Å². The summed E-state index contributed by atoms with van der Waals surface area (Å²) < 4.78 is 0. The molecule has 0 saturated heterocycles. The van der Waals surface area contributed by atoms with Gasteiger partial charge >= 0.3 is 0 Å². The lowest BCUT2D eigenvalue weighted by molar-refractivity contribution is -0.122. The lowest BCUT2D eigenvalue weighted by Crippen LogP contribution is -2.30. The molecule has 20 heavy (non-hydrogen) atoms. The molecule has 104 valence electrons. The van der Waals surface area contributed by atoms with Gasteiger partial charge in [-0.15, -0.1) is 0 Å². The second-order valence-corrected chi connectivity index (χ2v) is 4.95. The van der Waals surface area contributed by atoms with Crippen LogP contribution in [0.25, 0.3) is 0 Å². The lowest BCUT2D eigenvalue weighted by atomic mass is 9.99. The summed E-state index contributed by atoms with van der Waals surface area (Å²) in [6.07, 6.45) is 0. The van der Waals surface area contributed by atoms with Gasteiger partial charge < -0.3 is 10.4 Å². The zero-order chi connectivity index (χ0) is 14.5. The van der Waals surface area contributed by atoms with E-state index < -0.39 is 0 Å². The SMILES string of the molecule is CC(NC(=O)C(C)c1ccc(O)cc1)c1ccccc1. The van der Waals surface area contributed by atoms with E-state index in [1.165, 1.54) is 0 Å². The molecule has 2 N–H and O–H groups in total. The Morgan fingerprint density at radius 2 is 1.55 bits per heavy atom. The molecule has 2 atom stereocenters. The molecular weight excluding hydrogens is 250 g/mol. The highest BCUT2D eigenvalue weighted by Crippen LogP contribution is 2.20. The van der Waals surface area contributed by atoms with Gasteiger partial charge in [-0.05, 0) is 37.1 Å². The summed E-state index contributed by atoms with van der Waals surface area (Å²) in [5, 5.41) is 12.3. The van der Waals surface area contributed by atoms with Crippen LogP contribution in [0.1, 0.15) is 36.9 Å². The molecule has 0 aliphatic carbocycles. The molecule has 0 radical (unpaired) electrons. The fraction of sp³-hybridized carbons (Fsp3) is 0.235. The number of carbonyl (C=O) groups is 1. The monoisotopic (exact) mass is 269 g/mol. The number of aromatic hydroxyl groups is 1. The molecule has 2 rings (SSSR count). The summed E-state index contributed by atoms with van der Waals surface area (Å²) in [5.74, 6) is -0.0622. The second kappa shape index (κ2) is 6.24. The van der Waals surface area contributed by atoms with Gasteiger partial charge in [0.15, 0.2) is 0 Å². The molecule has 0 heterocycles. The fourth-order valence-electron chi connectivity index (χ4n) is 2.08. The molecule has 0 aromatic heterocycles. The molecule has 0 bridgehead atoms. The van der Waals surface area contributed by atoms with Gasteiger partial charge in [-0.2, -0.15) is 0 Å². The zero-order valence-electron chi connectivity index (χ0n) is 11.7. The van der Waals surface area contributed by atoms with Crippen molar-refractivity contribution >= 4 is 5.91 Å². The highest BCUT2D eigenvalue weighted by atomic mass is 16.3. The van der Waals surface area contributed by atoms with Crippen LogP contribution in [0.2, 0.25) is 0 Å². The van der Waals surface area contributed by atoms with E-state index in [-0.39, 0.29) is 23.6 Å². The molecule has 0 spiro atoms. The maximum atomic E-state index is 12.2. The minimum absolute atomic E-state index is 0.0213. The molecule has 0 saturated carbocycles. The molecule has 2 aromatic rings. The first-order valence-electron chi connectivity index (χ1n) is 6.72. The molecule has 1 amide bonds. The number of rotatable bonds is 4. The standard InChI is InChI=1S/C17H19NO2/c1-12(14-8-10-16(19)11-9-14)17(20)18-13(2)15-6-4-3-5-7-15/h3-13,19H,1-2H3,(H,18,20). The van der Waals surface area contributed by atoms with Gasteiger partial charge in [0.25, 0.3) is 0 Å². The molecule has 0 aliphatic heterocycles. The Labute approximate surface area is 119 Å². The molecule has 0 fully saturated rings. The van der Waals surface area contributed by atoms with E-state index in [9.17, 15) is 9.90 Å². The van der Waals surface area contributed by atoms with Gasteiger partial charge in [0.05, 0.1) is 12.0 Å². The number of carbonyl (C=O) groups excluding carboxylic acids is 1. The van der Waals surface area contributed by atoms with Crippen molar-refractivity contribution in [2.75, 3.05) is 0 Å². The van der Waals surface area contributed by atoms with Crippen molar-refractivity contribution in [3.8, 4) is 5.75 Å². The summed E-state index contributed by atoms with van der Waals surface area (Å²) in [7, 11) is 0. The maximum absolute atomic E-state index is 12.2. The van der Waals surface area contributed by atoms with Crippen LogP contribution < -0.4 is 5.32 Å². The number of phenols is 1. The van der Waals surface area contributed by atoms with Crippen molar-refractivity contribution in [2.24, 2.45) is 0 Å². The van der Waals surface area contributed by atoms with Crippen molar-refractivity contribution in [3.05, 3.63) is 65.7 Å². The van der Waals surface area contributed by atoms with Gasteiger partial charge in [-0.3, -0.25) is 4.79 Å². The molecule has 0 aliphatic rings. The summed E-state index contributed by atoms with van der Waals surface area (Å²) in [5.41, 5.74) is 1.97. The smallest absolute Gasteiger partial charge is 0.227 e.